The Balaban J connectivity index is 1.64. The number of rotatable bonds is 9. The standard InChI is InChI=1S/C28H36N2O5/c1-6-28(5,25(32)33)30-24(31)18(15-27(2,3)4)16-29-26(34)35-17-23-21-13-9-7-11-19(21)20-12-8-10-14-22(20)23/h7-14,18,23H,6,15-17H2,1-5H3,(H,29,34)(H,30,31)(H,32,33). The summed E-state index contributed by atoms with van der Waals surface area (Å²) in [7, 11) is 0. The summed E-state index contributed by atoms with van der Waals surface area (Å²) in [5.41, 5.74) is 2.99. The third kappa shape index (κ3) is 6.21. The predicted molar refractivity (Wildman–Crippen MR) is 135 cm³/mol. The van der Waals surface area contributed by atoms with Gasteiger partial charge >= 0.3 is 12.1 Å². The van der Waals surface area contributed by atoms with Crippen molar-refractivity contribution >= 4 is 18.0 Å². The molecule has 0 heterocycles. The van der Waals surface area contributed by atoms with Gasteiger partial charge in [0.2, 0.25) is 5.91 Å². The van der Waals surface area contributed by atoms with Crippen LogP contribution in [0.25, 0.3) is 11.1 Å². The average molecular weight is 481 g/mol. The zero-order chi connectivity index (χ0) is 25.8. The maximum atomic E-state index is 13.0. The molecule has 2 aromatic rings. The molecule has 0 radical (unpaired) electrons. The highest BCUT2D eigenvalue weighted by molar-refractivity contribution is 5.88. The highest BCUT2D eigenvalue weighted by atomic mass is 16.5. The van der Waals surface area contributed by atoms with Crippen LogP contribution in [0, 0.1) is 11.3 Å². The van der Waals surface area contributed by atoms with Crippen molar-refractivity contribution in [2.45, 2.75) is 58.9 Å². The first-order valence-electron chi connectivity index (χ1n) is 12.1. The molecule has 3 rings (SSSR count). The summed E-state index contributed by atoms with van der Waals surface area (Å²) < 4.78 is 5.58. The van der Waals surface area contributed by atoms with Crippen LogP contribution in [0.5, 0.6) is 0 Å². The van der Waals surface area contributed by atoms with Crippen LogP contribution in [-0.4, -0.2) is 41.8 Å². The second-order valence-electron chi connectivity index (χ2n) is 10.6. The summed E-state index contributed by atoms with van der Waals surface area (Å²) in [6.45, 7) is 9.43. The number of hydrogen-bond donors (Lipinski definition) is 3. The summed E-state index contributed by atoms with van der Waals surface area (Å²) in [6, 6.07) is 16.2. The number of carbonyl (C=O) groups is 3. The number of carbonyl (C=O) groups excluding carboxylic acids is 2. The van der Waals surface area contributed by atoms with Crippen LogP contribution < -0.4 is 10.6 Å². The van der Waals surface area contributed by atoms with Crippen LogP contribution in [0.4, 0.5) is 4.79 Å². The quantitative estimate of drug-likeness (QED) is 0.471. The van der Waals surface area contributed by atoms with E-state index in [-0.39, 0.29) is 30.9 Å². The summed E-state index contributed by atoms with van der Waals surface area (Å²) in [4.78, 5) is 37.2. The second-order valence-corrected chi connectivity index (χ2v) is 10.6. The Morgan fingerprint density at radius 2 is 1.51 bits per heavy atom. The molecule has 1 aliphatic rings. The van der Waals surface area contributed by atoms with E-state index in [2.05, 4.69) is 34.9 Å². The third-order valence-electron chi connectivity index (χ3n) is 6.64. The number of benzene rings is 2. The van der Waals surface area contributed by atoms with Crippen LogP contribution in [0.2, 0.25) is 0 Å². The predicted octanol–water partition coefficient (Wildman–Crippen LogP) is 4.95. The van der Waals surface area contributed by atoms with Gasteiger partial charge < -0.3 is 20.5 Å². The fourth-order valence-electron chi connectivity index (χ4n) is 4.52. The molecule has 0 saturated carbocycles. The van der Waals surface area contributed by atoms with E-state index < -0.39 is 29.4 Å². The molecule has 0 aromatic heterocycles. The van der Waals surface area contributed by atoms with Crippen molar-refractivity contribution in [3.8, 4) is 11.1 Å². The molecule has 7 nitrogen and oxygen atoms in total. The first kappa shape index (κ1) is 26.3. The average Bonchev–Trinajstić information content (AvgIpc) is 3.13. The van der Waals surface area contributed by atoms with E-state index in [4.69, 9.17) is 4.74 Å². The molecule has 0 fully saturated rings. The molecular formula is C28H36N2O5. The molecule has 0 bridgehead atoms. The van der Waals surface area contributed by atoms with Gasteiger partial charge in [-0.15, -0.1) is 0 Å². The van der Waals surface area contributed by atoms with Crippen molar-refractivity contribution in [3.63, 3.8) is 0 Å². The number of hydrogen-bond acceptors (Lipinski definition) is 4. The van der Waals surface area contributed by atoms with Crippen molar-refractivity contribution in [2.24, 2.45) is 11.3 Å². The summed E-state index contributed by atoms with van der Waals surface area (Å²) in [6.07, 6.45) is 0.118. The van der Waals surface area contributed by atoms with Crippen LogP contribution in [0.15, 0.2) is 48.5 Å². The van der Waals surface area contributed by atoms with Gasteiger partial charge in [0.15, 0.2) is 0 Å². The van der Waals surface area contributed by atoms with E-state index in [0.29, 0.717) is 6.42 Å². The molecule has 188 valence electrons. The number of fused-ring (bicyclic) bond motifs is 3. The van der Waals surface area contributed by atoms with Gasteiger partial charge in [-0.2, -0.15) is 0 Å². The molecule has 2 amide bonds. The number of amides is 2. The van der Waals surface area contributed by atoms with E-state index in [1.54, 1.807) is 6.92 Å². The molecule has 0 saturated heterocycles. The van der Waals surface area contributed by atoms with Gasteiger partial charge in [0.25, 0.3) is 0 Å². The highest BCUT2D eigenvalue weighted by Gasteiger charge is 2.36. The van der Waals surface area contributed by atoms with E-state index in [1.807, 2.05) is 45.0 Å². The molecule has 0 aliphatic heterocycles. The Morgan fingerprint density at radius 1 is 0.971 bits per heavy atom. The van der Waals surface area contributed by atoms with Gasteiger partial charge in [-0.3, -0.25) is 4.79 Å². The van der Waals surface area contributed by atoms with Gasteiger partial charge in [-0.1, -0.05) is 76.2 Å². The summed E-state index contributed by atoms with van der Waals surface area (Å²) in [5, 5.41) is 14.9. The zero-order valence-electron chi connectivity index (χ0n) is 21.2. The van der Waals surface area contributed by atoms with Crippen LogP contribution >= 0.6 is 0 Å². The first-order valence-corrected chi connectivity index (χ1v) is 12.1. The fraction of sp³-hybridized carbons (Fsp3) is 0.464. The van der Waals surface area contributed by atoms with Crippen molar-refractivity contribution in [1.29, 1.82) is 0 Å². The SMILES string of the molecule is CCC(C)(NC(=O)C(CNC(=O)OCC1c2ccccc2-c2ccccc21)CC(C)(C)C)C(=O)O. The first-order chi connectivity index (χ1) is 16.4. The Kier molecular flexibility index (Phi) is 7.88. The Hall–Kier alpha value is -3.35. The topological polar surface area (TPSA) is 105 Å². The Bertz CT molecular complexity index is 1050. The van der Waals surface area contributed by atoms with Crippen molar-refractivity contribution in [1.82, 2.24) is 10.6 Å². The van der Waals surface area contributed by atoms with Crippen molar-refractivity contribution in [2.75, 3.05) is 13.2 Å². The zero-order valence-corrected chi connectivity index (χ0v) is 21.2. The molecule has 35 heavy (non-hydrogen) atoms. The van der Waals surface area contributed by atoms with E-state index in [0.717, 1.165) is 22.3 Å². The molecule has 0 spiro atoms. The lowest BCUT2D eigenvalue weighted by molar-refractivity contribution is -0.147. The van der Waals surface area contributed by atoms with Gasteiger partial charge in [0.1, 0.15) is 12.1 Å². The number of aliphatic carboxylic acids is 1. The molecule has 7 heteroatoms. The molecular weight excluding hydrogens is 444 g/mol. The fourth-order valence-corrected chi connectivity index (χ4v) is 4.52. The lowest BCUT2D eigenvalue weighted by atomic mass is 9.83. The maximum absolute atomic E-state index is 13.0. The number of carboxylic acids is 1. The smallest absolute Gasteiger partial charge is 0.407 e. The van der Waals surface area contributed by atoms with Crippen molar-refractivity contribution in [3.05, 3.63) is 59.7 Å². The van der Waals surface area contributed by atoms with Gasteiger partial charge in [0.05, 0.1) is 5.92 Å². The van der Waals surface area contributed by atoms with Gasteiger partial charge in [-0.05, 0) is 47.4 Å². The third-order valence-corrected chi connectivity index (χ3v) is 6.64. The van der Waals surface area contributed by atoms with E-state index in [9.17, 15) is 19.5 Å². The summed E-state index contributed by atoms with van der Waals surface area (Å²) in [5.74, 6) is -2.14. The van der Waals surface area contributed by atoms with E-state index >= 15 is 0 Å². The minimum atomic E-state index is -1.36. The van der Waals surface area contributed by atoms with Crippen LogP contribution in [-0.2, 0) is 14.3 Å². The lowest BCUT2D eigenvalue weighted by Gasteiger charge is -2.30. The monoisotopic (exact) mass is 480 g/mol. The second kappa shape index (κ2) is 10.5. The lowest BCUT2D eigenvalue weighted by Crippen LogP contribution is -2.54. The maximum Gasteiger partial charge on any atom is 0.407 e. The number of ether oxygens (including phenoxy) is 1. The largest absolute Gasteiger partial charge is 0.480 e. The number of nitrogens with one attached hydrogen (secondary N) is 2. The minimum absolute atomic E-state index is 0.0531. The summed E-state index contributed by atoms with van der Waals surface area (Å²) >= 11 is 0. The Labute approximate surface area is 207 Å². The molecule has 1 aliphatic carbocycles. The number of alkyl carbamates (subject to hydrolysis) is 1. The normalized spacial score (nSPS) is 15.3. The van der Waals surface area contributed by atoms with Crippen molar-refractivity contribution < 1.29 is 24.2 Å². The number of carboxylic acid groups (broad SMARTS) is 1. The van der Waals surface area contributed by atoms with Crippen LogP contribution in [0.1, 0.15) is 64.5 Å². The molecule has 2 atom stereocenters. The van der Waals surface area contributed by atoms with Gasteiger partial charge in [-0.25, -0.2) is 9.59 Å². The molecule has 2 unspecified atom stereocenters. The van der Waals surface area contributed by atoms with Crippen LogP contribution in [0.3, 0.4) is 0 Å². The minimum Gasteiger partial charge on any atom is -0.480 e. The highest BCUT2D eigenvalue weighted by Crippen LogP contribution is 2.44. The molecule has 3 N–H and O–H groups in total. The molecule has 2 aromatic carbocycles. The van der Waals surface area contributed by atoms with Gasteiger partial charge in [0, 0.05) is 12.5 Å². The Morgan fingerprint density at radius 3 is 2.00 bits per heavy atom. The van der Waals surface area contributed by atoms with E-state index in [1.165, 1.54) is 6.92 Å².